The maximum Gasteiger partial charge on any atom is 0.171 e. The largest absolute Gasteiger partial charge is 0.338 e. The van der Waals surface area contributed by atoms with Gasteiger partial charge in [-0.3, -0.25) is 0 Å². The Hall–Kier alpha value is -2.00. The SMILES string of the molecule is CCc1nnc(Nc2ccc(F)c(Br)c2)c(C#N)c1CC. The lowest BCUT2D eigenvalue weighted by molar-refractivity contribution is 0.621. The van der Waals surface area contributed by atoms with Crippen LogP contribution in [0.15, 0.2) is 22.7 Å². The van der Waals surface area contributed by atoms with Crippen molar-refractivity contribution in [2.75, 3.05) is 5.32 Å². The molecule has 0 spiro atoms. The molecule has 0 fully saturated rings. The summed E-state index contributed by atoms with van der Waals surface area (Å²) < 4.78 is 13.6. The van der Waals surface area contributed by atoms with Gasteiger partial charge >= 0.3 is 0 Å². The summed E-state index contributed by atoms with van der Waals surface area (Å²) in [7, 11) is 0. The minimum atomic E-state index is -0.345. The molecule has 2 rings (SSSR count). The Morgan fingerprint density at radius 2 is 2.05 bits per heavy atom. The maximum atomic E-state index is 13.2. The van der Waals surface area contributed by atoms with Gasteiger partial charge in [0, 0.05) is 5.69 Å². The number of rotatable bonds is 4. The fourth-order valence-electron chi connectivity index (χ4n) is 2.09. The first-order valence-corrected chi connectivity index (χ1v) is 7.40. The number of nitriles is 1. The van der Waals surface area contributed by atoms with Crippen LogP contribution in [0.2, 0.25) is 0 Å². The number of aryl methyl sites for hydroxylation is 1. The normalized spacial score (nSPS) is 10.2. The number of halogens is 2. The van der Waals surface area contributed by atoms with Crippen LogP contribution in [-0.4, -0.2) is 10.2 Å². The van der Waals surface area contributed by atoms with E-state index in [-0.39, 0.29) is 5.82 Å². The molecular formula is C15H14BrFN4. The van der Waals surface area contributed by atoms with Crippen molar-refractivity contribution in [1.82, 2.24) is 10.2 Å². The van der Waals surface area contributed by atoms with Crippen LogP contribution in [0.5, 0.6) is 0 Å². The van der Waals surface area contributed by atoms with E-state index in [1.165, 1.54) is 6.07 Å². The Bertz CT molecular complexity index is 710. The van der Waals surface area contributed by atoms with E-state index in [0.717, 1.165) is 17.7 Å². The molecule has 108 valence electrons. The van der Waals surface area contributed by atoms with Crippen LogP contribution >= 0.6 is 15.9 Å². The van der Waals surface area contributed by atoms with Crippen LogP contribution in [0.1, 0.15) is 30.7 Å². The van der Waals surface area contributed by atoms with Crippen molar-refractivity contribution in [3.05, 3.63) is 45.3 Å². The van der Waals surface area contributed by atoms with E-state index in [1.807, 2.05) is 13.8 Å². The van der Waals surface area contributed by atoms with Crippen molar-refractivity contribution in [3.8, 4) is 6.07 Å². The van der Waals surface area contributed by atoms with Gasteiger partial charge in [-0.25, -0.2) is 4.39 Å². The molecule has 2 aromatic rings. The second kappa shape index (κ2) is 6.64. The van der Waals surface area contributed by atoms with Crippen LogP contribution < -0.4 is 5.32 Å². The second-order valence-electron chi connectivity index (χ2n) is 4.42. The zero-order valence-electron chi connectivity index (χ0n) is 11.7. The van der Waals surface area contributed by atoms with E-state index in [0.29, 0.717) is 28.0 Å². The van der Waals surface area contributed by atoms with E-state index in [9.17, 15) is 9.65 Å². The average Bonchev–Trinajstić information content (AvgIpc) is 2.50. The van der Waals surface area contributed by atoms with Crippen LogP contribution in [0.25, 0.3) is 0 Å². The summed E-state index contributed by atoms with van der Waals surface area (Å²) in [6.07, 6.45) is 1.44. The minimum Gasteiger partial charge on any atom is -0.338 e. The summed E-state index contributed by atoms with van der Waals surface area (Å²) in [5, 5.41) is 20.7. The third-order valence-electron chi connectivity index (χ3n) is 3.14. The fourth-order valence-corrected chi connectivity index (χ4v) is 2.47. The zero-order chi connectivity index (χ0) is 15.4. The van der Waals surface area contributed by atoms with Gasteiger partial charge in [-0.05, 0) is 52.5 Å². The summed E-state index contributed by atoms with van der Waals surface area (Å²) >= 11 is 3.13. The van der Waals surface area contributed by atoms with E-state index < -0.39 is 0 Å². The highest BCUT2D eigenvalue weighted by Gasteiger charge is 2.14. The highest BCUT2D eigenvalue weighted by molar-refractivity contribution is 9.10. The molecule has 1 N–H and O–H groups in total. The van der Waals surface area contributed by atoms with Gasteiger partial charge in [-0.15, -0.1) is 5.10 Å². The topological polar surface area (TPSA) is 61.6 Å². The van der Waals surface area contributed by atoms with Crippen molar-refractivity contribution >= 4 is 27.4 Å². The molecule has 0 aliphatic rings. The first kappa shape index (κ1) is 15.4. The molecule has 1 aromatic carbocycles. The molecule has 4 nitrogen and oxygen atoms in total. The van der Waals surface area contributed by atoms with Gasteiger partial charge in [0.25, 0.3) is 0 Å². The number of hydrogen-bond donors (Lipinski definition) is 1. The smallest absolute Gasteiger partial charge is 0.171 e. The summed E-state index contributed by atoms with van der Waals surface area (Å²) in [5.74, 6) is 0.0489. The average molecular weight is 349 g/mol. The lowest BCUT2D eigenvalue weighted by Gasteiger charge is -2.12. The lowest BCUT2D eigenvalue weighted by atomic mass is 10.0. The van der Waals surface area contributed by atoms with E-state index >= 15 is 0 Å². The van der Waals surface area contributed by atoms with E-state index in [1.54, 1.807) is 12.1 Å². The summed E-state index contributed by atoms with van der Waals surface area (Å²) in [6, 6.07) is 6.71. The van der Waals surface area contributed by atoms with Gasteiger partial charge in [0.2, 0.25) is 0 Å². The molecule has 1 heterocycles. The molecule has 21 heavy (non-hydrogen) atoms. The van der Waals surface area contributed by atoms with E-state index in [2.05, 4.69) is 37.5 Å². The standard InChI is InChI=1S/C15H14BrFN4/c1-3-10-11(8-18)15(21-20-14(10)4-2)19-9-5-6-13(17)12(16)7-9/h5-7H,3-4H2,1-2H3,(H,19,21). The van der Waals surface area contributed by atoms with Crippen molar-refractivity contribution in [1.29, 1.82) is 5.26 Å². The summed E-state index contributed by atoms with van der Waals surface area (Å²) in [5.41, 5.74) is 2.86. The third kappa shape index (κ3) is 3.19. The second-order valence-corrected chi connectivity index (χ2v) is 5.28. The monoisotopic (exact) mass is 348 g/mol. The molecule has 0 unspecified atom stereocenters. The molecule has 6 heteroatoms. The van der Waals surface area contributed by atoms with Crippen molar-refractivity contribution in [2.24, 2.45) is 0 Å². The maximum absolute atomic E-state index is 13.2. The molecule has 0 aliphatic carbocycles. The number of nitrogens with one attached hydrogen (secondary N) is 1. The molecule has 0 saturated carbocycles. The van der Waals surface area contributed by atoms with Gasteiger partial charge in [0.15, 0.2) is 5.82 Å². The quantitative estimate of drug-likeness (QED) is 0.902. The Labute approximate surface area is 131 Å². The minimum absolute atomic E-state index is 0.345. The van der Waals surface area contributed by atoms with Crippen molar-refractivity contribution in [3.63, 3.8) is 0 Å². The predicted molar refractivity (Wildman–Crippen MR) is 82.9 cm³/mol. The molecular weight excluding hydrogens is 335 g/mol. The zero-order valence-corrected chi connectivity index (χ0v) is 13.3. The first-order valence-electron chi connectivity index (χ1n) is 6.61. The highest BCUT2D eigenvalue weighted by Crippen LogP contribution is 2.26. The van der Waals surface area contributed by atoms with E-state index in [4.69, 9.17) is 0 Å². The molecule has 0 amide bonds. The summed E-state index contributed by atoms with van der Waals surface area (Å²) in [4.78, 5) is 0. The van der Waals surface area contributed by atoms with Gasteiger partial charge < -0.3 is 5.32 Å². The Balaban J connectivity index is 2.44. The lowest BCUT2D eigenvalue weighted by Crippen LogP contribution is -2.07. The molecule has 0 bridgehead atoms. The van der Waals surface area contributed by atoms with Gasteiger partial charge in [0.05, 0.1) is 10.2 Å². The molecule has 0 saturated heterocycles. The van der Waals surface area contributed by atoms with Crippen LogP contribution in [-0.2, 0) is 12.8 Å². The number of anilines is 2. The third-order valence-corrected chi connectivity index (χ3v) is 3.75. The van der Waals surface area contributed by atoms with Gasteiger partial charge in [-0.2, -0.15) is 10.4 Å². The first-order chi connectivity index (χ1) is 10.1. The Morgan fingerprint density at radius 1 is 1.29 bits per heavy atom. The van der Waals surface area contributed by atoms with Crippen LogP contribution in [0.3, 0.4) is 0 Å². The van der Waals surface area contributed by atoms with Gasteiger partial charge in [-0.1, -0.05) is 13.8 Å². The van der Waals surface area contributed by atoms with Crippen molar-refractivity contribution in [2.45, 2.75) is 26.7 Å². The van der Waals surface area contributed by atoms with Crippen LogP contribution in [0, 0.1) is 17.1 Å². The van der Waals surface area contributed by atoms with Crippen LogP contribution in [0.4, 0.5) is 15.9 Å². The number of aromatic nitrogens is 2. The molecule has 0 radical (unpaired) electrons. The van der Waals surface area contributed by atoms with Gasteiger partial charge in [0.1, 0.15) is 17.4 Å². The summed E-state index contributed by atoms with van der Waals surface area (Å²) in [6.45, 7) is 3.96. The molecule has 1 aromatic heterocycles. The highest BCUT2D eigenvalue weighted by atomic mass is 79.9. The number of hydrogen-bond acceptors (Lipinski definition) is 4. The Kier molecular flexibility index (Phi) is 4.86. The molecule has 0 aliphatic heterocycles. The molecule has 0 atom stereocenters. The fraction of sp³-hybridized carbons (Fsp3) is 0.267. The predicted octanol–water partition coefficient (Wildman–Crippen LogP) is 4.12. The number of nitrogens with zero attached hydrogens (tertiary/aromatic N) is 3. The van der Waals surface area contributed by atoms with Crippen molar-refractivity contribution < 1.29 is 4.39 Å². The number of benzene rings is 1. The Morgan fingerprint density at radius 3 is 2.62 bits per heavy atom.